The molecule has 0 radical (unpaired) electrons. The number of hydrogen-bond acceptors (Lipinski definition) is 3. The predicted octanol–water partition coefficient (Wildman–Crippen LogP) is 1.12. The Morgan fingerprint density at radius 2 is 2.27 bits per heavy atom. The van der Waals surface area contributed by atoms with Gasteiger partial charge >= 0.3 is 6.09 Å². The van der Waals surface area contributed by atoms with Crippen LogP contribution in [0.3, 0.4) is 0 Å². The summed E-state index contributed by atoms with van der Waals surface area (Å²) in [6.45, 7) is 5.99. The standard InChI is InChI=1S/C11H20N2O2/c1-7(2)8-3-9(4-8)12-5-10-6-13-11(14)15-10/h7-10,12H,3-6H2,1-2H3,(H,13,14)/t8?,9?,10-/m1/s1. The van der Waals surface area contributed by atoms with E-state index in [2.05, 4.69) is 24.5 Å². The van der Waals surface area contributed by atoms with Gasteiger partial charge in [-0.2, -0.15) is 0 Å². The van der Waals surface area contributed by atoms with E-state index >= 15 is 0 Å². The van der Waals surface area contributed by atoms with Crippen LogP contribution in [-0.4, -0.2) is 31.3 Å². The molecule has 4 heteroatoms. The van der Waals surface area contributed by atoms with Crippen LogP contribution in [0.25, 0.3) is 0 Å². The van der Waals surface area contributed by atoms with E-state index in [9.17, 15) is 4.79 Å². The highest BCUT2D eigenvalue weighted by Gasteiger charge is 2.32. The third-order valence-corrected chi connectivity index (χ3v) is 3.50. The number of hydrogen-bond donors (Lipinski definition) is 2. The Morgan fingerprint density at radius 3 is 2.80 bits per heavy atom. The first-order valence-electron chi connectivity index (χ1n) is 5.83. The summed E-state index contributed by atoms with van der Waals surface area (Å²) in [5, 5.41) is 6.10. The fraction of sp³-hybridized carbons (Fsp3) is 0.909. The van der Waals surface area contributed by atoms with Gasteiger partial charge < -0.3 is 15.4 Å². The van der Waals surface area contributed by atoms with Crippen LogP contribution in [0.2, 0.25) is 0 Å². The second kappa shape index (κ2) is 4.39. The minimum absolute atomic E-state index is 0.0237. The van der Waals surface area contributed by atoms with E-state index in [1.165, 1.54) is 12.8 Å². The van der Waals surface area contributed by atoms with E-state index in [0.29, 0.717) is 12.6 Å². The van der Waals surface area contributed by atoms with E-state index in [1.54, 1.807) is 0 Å². The van der Waals surface area contributed by atoms with Crippen molar-refractivity contribution in [2.75, 3.05) is 13.1 Å². The van der Waals surface area contributed by atoms with Gasteiger partial charge in [-0.15, -0.1) is 0 Å². The molecule has 0 unspecified atom stereocenters. The van der Waals surface area contributed by atoms with Crippen LogP contribution in [-0.2, 0) is 4.74 Å². The molecule has 2 rings (SSSR count). The van der Waals surface area contributed by atoms with Gasteiger partial charge in [0.25, 0.3) is 0 Å². The van der Waals surface area contributed by atoms with Crippen LogP contribution >= 0.6 is 0 Å². The summed E-state index contributed by atoms with van der Waals surface area (Å²) in [5.41, 5.74) is 0. The highest BCUT2D eigenvalue weighted by Crippen LogP contribution is 2.33. The molecule has 1 saturated carbocycles. The lowest BCUT2D eigenvalue weighted by Gasteiger charge is -2.39. The number of carbonyl (C=O) groups is 1. The van der Waals surface area contributed by atoms with Crippen LogP contribution < -0.4 is 10.6 Å². The zero-order chi connectivity index (χ0) is 10.8. The molecule has 2 aliphatic rings. The molecule has 2 fully saturated rings. The molecule has 0 bridgehead atoms. The van der Waals surface area contributed by atoms with Crippen LogP contribution in [0.4, 0.5) is 4.79 Å². The summed E-state index contributed by atoms with van der Waals surface area (Å²) in [6.07, 6.45) is 2.28. The van der Waals surface area contributed by atoms with E-state index in [1.807, 2.05) is 0 Å². The maximum Gasteiger partial charge on any atom is 0.407 e. The van der Waals surface area contributed by atoms with Gasteiger partial charge in [0, 0.05) is 12.6 Å². The van der Waals surface area contributed by atoms with Crippen molar-refractivity contribution in [3.63, 3.8) is 0 Å². The molecule has 0 spiro atoms. The van der Waals surface area contributed by atoms with Crippen LogP contribution in [0.15, 0.2) is 0 Å². The molecule has 86 valence electrons. The smallest absolute Gasteiger partial charge is 0.407 e. The fourth-order valence-electron chi connectivity index (χ4n) is 2.22. The lowest BCUT2D eigenvalue weighted by atomic mass is 9.73. The van der Waals surface area contributed by atoms with Crippen molar-refractivity contribution in [2.45, 2.75) is 38.8 Å². The molecular weight excluding hydrogens is 192 g/mol. The normalized spacial score (nSPS) is 34.9. The van der Waals surface area contributed by atoms with Crippen molar-refractivity contribution in [3.05, 3.63) is 0 Å². The van der Waals surface area contributed by atoms with Crippen molar-refractivity contribution < 1.29 is 9.53 Å². The van der Waals surface area contributed by atoms with Gasteiger partial charge in [0.05, 0.1) is 6.54 Å². The topological polar surface area (TPSA) is 50.4 Å². The maximum atomic E-state index is 10.8. The number of amides is 1. The van der Waals surface area contributed by atoms with Crippen LogP contribution in [0, 0.1) is 11.8 Å². The quantitative estimate of drug-likeness (QED) is 0.734. The summed E-state index contributed by atoms with van der Waals surface area (Å²) in [5.74, 6) is 1.68. The lowest BCUT2D eigenvalue weighted by molar-refractivity contribution is 0.121. The predicted molar refractivity (Wildman–Crippen MR) is 57.6 cm³/mol. The average molecular weight is 212 g/mol. The van der Waals surface area contributed by atoms with Gasteiger partial charge in [0.2, 0.25) is 0 Å². The summed E-state index contributed by atoms with van der Waals surface area (Å²) < 4.78 is 5.04. The number of nitrogens with one attached hydrogen (secondary N) is 2. The van der Waals surface area contributed by atoms with E-state index < -0.39 is 0 Å². The monoisotopic (exact) mass is 212 g/mol. The molecule has 2 N–H and O–H groups in total. The first-order chi connectivity index (χ1) is 7.15. The van der Waals surface area contributed by atoms with Gasteiger partial charge in [-0.05, 0) is 24.7 Å². The van der Waals surface area contributed by atoms with Gasteiger partial charge in [0.15, 0.2) is 0 Å². The molecule has 1 amide bonds. The molecule has 1 atom stereocenters. The Morgan fingerprint density at radius 1 is 1.53 bits per heavy atom. The average Bonchev–Trinajstić information content (AvgIpc) is 2.48. The summed E-state index contributed by atoms with van der Waals surface area (Å²) in [4.78, 5) is 10.8. The molecule has 1 heterocycles. The Hall–Kier alpha value is -0.770. The van der Waals surface area contributed by atoms with Gasteiger partial charge in [-0.1, -0.05) is 13.8 Å². The Balaban J connectivity index is 1.58. The SMILES string of the molecule is CC(C)C1CC(NC[C@@H]2CNC(=O)O2)C1. The molecular formula is C11H20N2O2. The number of ether oxygens (including phenoxy) is 1. The lowest BCUT2D eigenvalue weighted by Crippen LogP contribution is -2.46. The summed E-state index contributed by atoms with van der Waals surface area (Å²) >= 11 is 0. The van der Waals surface area contributed by atoms with E-state index in [0.717, 1.165) is 18.4 Å². The minimum Gasteiger partial charge on any atom is -0.443 e. The fourth-order valence-corrected chi connectivity index (χ4v) is 2.22. The van der Waals surface area contributed by atoms with Crippen molar-refractivity contribution >= 4 is 6.09 Å². The molecule has 0 aromatic carbocycles. The molecule has 1 aliphatic heterocycles. The number of carbonyl (C=O) groups excluding carboxylic acids is 1. The number of rotatable bonds is 4. The van der Waals surface area contributed by atoms with Gasteiger partial charge in [-0.25, -0.2) is 4.79 Å². The first-order valence-corrected chi connectivity index (χ1v) is 5.83. The summed E-state index contributed by atoms with van der Waals surface area (Å²) in [6, 6.07) is 0.636. The molecule has 4 nitrogen and oxygen atoms in total. The molecule has 1 aliphatic carbocycles. The zero-order valence-electron chi connectivity index (χ0n) is 9.45. The van der Waals surface area contributed by atoms with Crippen molar-refractivity contribution in [1.29, 1.82) is 0 Å². The highest BCUT2D eigenvalue weighted by molar-refractivity contribution is 5.69. The molecule has 0 aromatic rings. The number of cyclic esters (lactones) is 1. The third kappa shape index (κ3) is 2.62. The largest absolute Gasteiger partial charge is 0.443 e. The first kappa shape index (κ1) is 10.7. The Kier molecular flexibility index (Phi) is 3.14. The molecule has 15 heavy (non-hydrogen) atoms. The summed E-state index contributed by atoms with van der Waals surface area (Å²) in [7, 11) is 0. The van der Waals surface area contributed by atoms with Crippen LogP contribution in [0.1, 0.15) is 26.7 Å². The van der Waals surface area contributed by atoms with Gasteiger partial charge in [-0.3, -0.25) is 0 Å². The second-order valence-corrected chi connectivity index (χ2v) is 4.99. The Bertz CT molecular complexity index is 237. The third-order valence-electron chi connectivity index (χ3n) is 3.50. The molecule has 1 saturated heterocycles. The van der Waals surface area contributed by atoms with Gasteiger partial charge in [0.1, 0.15) is 6.10 Å². The van der Waals surface area contributed by atoms with Crippen molar-refractivity contribution in [2.24, 2.45) is 11.8 Å². The van der Waals surface area contributed by atoms with E-state index in [4.69, 9.17) is 4.74 Å². The zero-order valence-corrected chi connectivity index (χ0v) is 9.45. The van der Waals surface area contributed by atoms with Crippen molar-refractivity contribution in [3.8, 4) is 0 Å². The van der Waals surface area contributed by atoms with E-state index in [-0.39, 0.29) is 12.2 Å². The maximum absolute atomic E-state index is 10.8. The molecule has 0 aromatic heterocycles. The van der Waals surface area contributed by atoms with Crippen molar-refractivity contribution in [1.82, 2.24) is 10.6 Å². The van der Waals surface area contributed by atoms with Crippen LogP contribution in [0.5, 0.6) is 0 Å². The number of alkyl carbamates (subject to hydrolysis) is 1. The Labute approximate surface area is 90.8 Å². The minimum atomic E-state index is -0.282. The second-order valence-electron chi connectivity index (χ2n) is 4.99. The highest BCUT2D eigenvalue weighted by atomic mass is 16.6.